The Morgan fingerprint density at radius 3 is 1.10 bits per heavy atom. The number of carbonyl (C=O) groups excluding carboxylic acids is 2. The first-order chi connectivity index (χ1) is 52.1. The third-order valence-electron chi connectivity index (χ3n) is 20.7. The van der Waals surface area contributed by atoms with Crippen LogP contribution in [0.25, 0.3) is 39.5 Å². The first-order valence-electron chi connectivity index (χ1n) is 37.3. The lowest BCUT2D eigenvalue weighted by Crippen LogP contribution is -2.27. The van der Waals surface area contributed by atoms with Crippen molar-refractivity contribution in [2.75, 3.05) is 25.2 Å². The molecular weight excluding hydrogens is 1560 g/mol. The summed E-state index contributed by atoms with van der Waals surface area (Å²) in [5.41, 5.74) is 23.0. The number of carbonyl (C=O) groups is 2. The molecule has 15 rings (SSSR count). The van der Waals surface area contributed by atoms with E-state index in [4.69, 9.17) is 14.2 Å². The summed E-state index contributed by atoms with van der Waals surface area (Å²) in [4.78, 5) is 21.2. The monoisotopic (exact) mass is 1650 g/mol. The van der Waals surface area contributed by atoms with Crippen molar-refractivity contribution >= 4 is 82.4 Å². The minimum atomic E-state index is -0.131. The fraction of sp³-hybridized carbons (Fsp3) is 0.216. The van der Waals surface area contributed by atoms with Crippen LogP contribution < -0.4 is 14.2 Å². The molecule has 3 aliphatic carbocycles. The fourth-order valence-electron chi connectivity index (χ4n) is 15.6. The normalized spacial score (nSPS) is 15.0. The third-order valence-corrected chi connectivity index (χ3v) is 22.7. The Bertz CT molecular complexity index is 4610. The van der Waals surface area contributed by atoms with Gasteiger partial charge in [0.2, 0.25) is 0 Å². The van der Waals surface area contributed by atoms with Crippen molar-refractivity contribution in [1.29, 1.82) is 0 Å². The third kappa shape index (κ3) is 18.5. The molecule has 9 heteroatoms. The zero-order chi connectivity index (χ0) is 73.3. The number of rotatable bonds is 29. The van der Waals surface area contributed by atoms with E-state index in [0.717, 1.165) is 119 Å². The average molecular weight is 1660 g/mol. The summed E-state index contributed by atoms with van der Waals surface area (Å²) in [5.74, 6) is 2.94. The van der Waals surface area contributed by atoms with Gasteiger partial charge in [-0.1, -0.05) is 322 Å². The Morgan fingerprint density at radius 1 is 0.321 bits per heavy atom. The van der Waals surface area contributed by atoms with Gasteiger partial charge < -0.3 is 14.2 Å². The first-order valence-corrected chi connectivity index (χ1v) is 40.8. The number of halogens is 4. The van der Waals surface area contributed by atoms with Crippen molar-refractivity contribution in [3.8, 4) is 50.6 Å². The predicted octanol–water partition coefficient (Wildman–Crippen LogP) is 27.5. The molecule has 0 spiro atoms. The maximum absolute atomic E-state index is 10.8. The van der Waals surface area contributed by atoms with Crippen LogP contribution in [0, 0.1) is 0 Å². The largest absolute Gasteiger partial charge is 0.494 e. The van der Waals surface area contributed by atoms with Crippen molar-refractivity contribution < 1.29 is 23.8 Å². The summed E-state index contributed by atoms with van der Waals surface area (Å²) in [7, 11) is 0. The summed E-state index contributed by atoms with van der Waals surface area (Å²) in [5, 5.41) is 1.08. The van der Waals surface area contributed by atoms with Crippen LogP contribution in [0.4, 0.5) is 0 Å². The number of benzene rings is 12. The zero-order valence-corrected chi connectivity index (χ0v) is 66.4. The average Bonchev–Trinajstić information content (AvgIpc) is 1.57. The van der Waals surface area contributed by atoms with Gasteiger partial charge in [0.1, 0.15) is 29.8 Å². The van der Waals surface area contributed by atoms with Crippen molar-refractivity contribution in [2.24, 2.45) is 0 Å². The van der Waals surface area contributed by atoms with E-state index in [9.17, 15) is 9.59 Å². The van der Waals surface area contributed by atoms with E-state index >= 15 is 0 Å². The predicted molar refractivity (Wildman–Crippen MR) is 454 cm³/mol. The minimum Gasteiger partial charge on any atom is -0.494 e. The molecule has 12 aromatic carbocycles. The molecule has 536 valence electrons. The van der Waals surface area contributed by atoms with E-state index < -0.39 is 0 Å². The number of hydrogen-bond donors (Lipinski definition) is 0. The minimum absolute atomic E-state index is 0.111. The van der Waals surface area contributed by atoms with Gasteiger partial charge in [-0.05, 0) is 225 Å². The molecule has 0 saturated carbocycles. The Balaban J connectivity index is 0.000000139. The van der Waals surface area contributed by atoms with Crippen molar-refractivity contribution in [1.82, 2.24) is 0 Å². The lowest BCUT2D eigenvalue weighted by atomic mass is 9.69. The molecular formula is C97H90Br4O5. The quantitative estimate of drug-likeness (QED) is 0.0266. The molecule has 0 radical (unpaired) electrons. The molecule has 106 heavy (non-hydrogen) atoms. The summed E-state index contributed by atoms with van der Waals surface area (Å²) in [6.45, 7) is 6.01. The molecule has 3 unspecified atom stereocenters. The molecule has 5 nitrogen and oxygen atoms in total. The first kappa shape index (κ1) is 76.7. The number of aldehydes is 2. The second-order valence-corrected chi connectivity index (χ2v) is 30.8. The summed E-state index contributed by atoms with van der Waals surface area (Å²) in [6, 6.07) is 102. The molecule has 0 amide bonds. The van der Waals surface area contributed by atoms with Crippen LogP contribution in [0.3, 0.4) is 0 Å². The number of alkyl halides is 1. The van der Waals surface area contributed by atoms with Crippen LogP contribution in [-0.4, -0.2) is 37.7 Å². The maximum atomic E-state index is 10.8. The van der Waals surface area contributed by atoms with Crippen molar-refractivity contribution in [3.63, 3.8) is 0 Å². The molecule has 0 saturated heterocycles. The smallest absolute Gasteiger partial charge is 0.150 e. The highest BCUT2D eigenvalue weighted by Gasteiger charge is 2.45. The second kappa shape index (κ2) is 38.5. The molecule has 0 aromatic heterocycles. The van der Waals surface area contributed by atoms with Gasteiger partial charge in [-0.15, -0.1) is 0 Å². The van der Waals surface area contributed by atoms with Crippen LogP contribution in [0.15, 0.2) is 311 Å². The Kier molecular flexibility index (Phi) is 27.9. The van der Waals surface area contributed by atoms with E-state index in [2.05, 4.69) is 289 Å². The highest BCUT2D eigenvalue weighted by Crippen LogP contribution is 2.57. The number of unbranched alkanes of at least 4 members (excludes halogenated alkanes) is 9. The zero-order valence-electron chi connectivity index (χ0n) is 60.0. The lowest BCUT2D eigenvalue weighted by Gasteiger charge is -2.33. The topological polar surface area (TPSA) is 61.8 Å². The van der Waals surface area contributed by atoms with Crippen LogP contribution >= 0.6 is 63.7 Å². The molecule has 3 atom stereocenters. The van der Waals surface area contributed by atoms with Gasteiger partial charge in [0.15, 0.2) is 0 Å². The Hall–Kier alpha value is -8.96. The molecule has 0 heterocycles. The molecule has 12 aromatic rings. The molecule has 0 bridgehead atoms. The van der Waals surface area contributed by atoms with Gasteiger partial charge in [-0.25, -0.2) is 0 Å². The number of hydrogen-bond acceptors (Lipinski definition) is 5. The van der Waals surface area contributed by atoms with Crippen LogP contribution in [0.1, 0.15) is 172 Å². The maximum Gasteiger partial charge on any atom is 0.150 e. The summed E-state index contributed by atoms with van der Waals surface area (Å²) in [6.07, 6.45) is 19.5. The second-order valence-electron chi connectivity index (χ2n) is 27.3. The Morgan fingerprint density at radius 2 is 0.670 bits per heavy atom. The summed E-state index contributed by atoms with van der Waals surface area (Å²) < 4.78 is 20.8. The van der Waals surface area contributed by atoms with E-state index in [1.165, 1.54) is 122 Å². The molecule has 0 aliphatic heterocycles. The highest BCUT2D eigenvalue weighted by atomic mass is 79.9. The van der Waals surface area contributed by atoms with E-state index in [-0.39, 0.29) is 10.8 Å². The molecule has 0 fully saturated rings. The van der Waals surface area contributed by atoms with Gasteiger partial charge >= 0.3 is 0 Å². The fourth-order valence-corrected chi connectivity index (χ4v) is 17.1. The number of fused-ring (bicyclic) bond motifs is 9. The van der Waals surface area contributed by atoms with E-state index in [0.29, 0.717) is 23.7 Å². The van der Waals surface area contributed by atoms with Crippen LogP contribution in [0.5, 0.6) is 17.2 Å². The van der Waals surface area contributed by atoms with Crippen LogP contribution in [0.2, 0.25) is 0 Å². The summed E-state index contributed by atoms with van der Waals surface area (Å²) >= 11 is 14.5. The van der Waals surface area contributed by atoms with Crippen LogP contribution in [-0.2, 0) is 10.8 Å². The van der Waals surface area contributed by atoms with Gasteiger partial charge in [-0.2, -0.15) is 0 Å². The van der Waals surface area contributed by atoms with E-state index in [1.54, 1.807) is 24.3 Å². The lowest BCUT2D eigenvalue weighted by molar-refractivity contribution is 0.111. The Labute approximate surface area is 661 Å². The SMILES string of the molecule is Brc1ccc2c(c1)C(c1ccccc1)c1ccccc1-2.C=Cc1ccc(OCCCCCCC2(c3ccccc3)c3ccccc3-c3ccc(Br)cc32)cc1.O=Cc1ccc(OCCCCCCBr)cc1.O=Cc1ccc(OCCCCCCC2(c3ccccc3)c3ccccc3-c3ccc(Br)cc32)cc1. The van der Waals surface area contributed by atoms with Crippen molar-refractivity contribution in [2.45, 2.75) is 107 Å². The highest BCUT2D eigenvalue weighted by molar-refractivity contribution is 9.11. The standard InChI is InChI=1S/C33H31BrO.C32H29BrO2.C19H13Br.C13H17BrO2/c1-2-25-16-19-28(20-17-25)35-23-11-4-3-10-22-33(26-12-6-5-7-13-26)31-15-9-8-14-29(31)30-21-18-27(34)24-32(30)33;33-26-16-19-29-28-12-6-7-13-30(28)32(31(29)22-26,25-10-4-3-5-11-25)20-8-1-2-9-21-35-27-17-14-24(23-34)15-18-27;20-14-10-11-16-15-8-4-5-9-17(15)19(18(16)12-14)13-6-2-1-3-7-13;14-9-3-1-2-4-10-16-13-7-5-12(11-15)6-8-13/h2,5-9,12-21,24H,1,3-4,10-11,22-23H2;3-7,10-19,22-23H,1-2,8-9,20-21H2;1-12,19H;5-8,11H,1-4,9-10H2. The van der Waals surface area contributed by atoms with Gasteiger partial charge in [0, 0.05) is 46.6 Å². The van der Waals surface area contributed by atoms with Gasteiger partial charge in [0.05, 0.1) is 19.8 Å². The number of ether oxygens (including phenoxy) is 3. The van der Waals surface area contributed by atoms with Gasteiger partial charge in [-0.3, -0.25) is 9.59 Å². The van der Waals surface area contributed by atoms with E-state index in [1.807, 2.05) is 54.6 Å². The molecule has 3 aliphatic rings. The van der Waals surface area contributed by atoms with Gasteiger partial charge in [0.25, 0.3) is 0 Å². The molecule has 0 N–H and O–H groups in total. The van der Waals surface area contributed by atoms with Crippen molar-refractivity contribution in [3.05, 3.63) is 378 Å².